The molecule has 4 nitrogen and oxygen atoms in total. The molecule has 1 aromatic rings. The average molecular weight is 378 g/mol. The third-order valence-electron chi connectivity index (χ3n) is 6.15. The van der Waals surface area contributed by atoms with E-state index in [4.69, 9.17) is 15.5 Å². The molecule has 0 unspecified atom stereocenters. The van der Waals surface area contributed by atoms with E-state index in [0.29, 0.717) is 6.10 Å². The highest BCUT2D eigenvalue weighted by Gasteiger charge is 2.61. The molecule has 0 amide bonds. The van der Waals surface area contributed by atoms with Crippen LogP contribution >= 0.6 is 15.9 Å². The zero-order valence-corrected chi connectivity index (χ0v) is 15.3. The summed E-state index contributed by atoms with van der Waals surface area (Å²) in [6.45, 7) is 2.11. The molecule has 1 aliphatic heterocycles. The van der Waals surface area contributed by atoms with Crippen LogP contribution in [0.15, 0.2) is 27.7 Å². The lowest BCUT2D eigenvalue weighted by atomic mass is 9.65. The summed E-state index contributed by atoms with van der Waals surface area (Å²) in [6, 6.07) is 6.73. The Morgan fingerprint density at radius 2 is 2.09 bits per heavy atom. The van der Waals surface area contributed by atoms with E-state index in [1.165, 1.54) is 11.1 Å². The van der Waals surface area contributed by atoms with E-state index in [1.54, 1.807) is 0 Å². The minimum atomic E-state index is -0.367. The lowest BCUT2D eigenvalue weighted by molar-refractivity contribution is -0.0113. The van der Waals surface area contributed by atoms with Crippen molar-refractivity contribution < 1.29 is 4.74 Å². The Labute approximate surface area is 146 Å². The molecule has 2 atom stereocenters. The van der Waals surface area contributed by atoms with E-state index in [0.717, 1.165) is 42.4 Å². The molecule has 2 spiro atoms. The van der Waals surface area contributed by atoms with Crippen LogP contribution < -0.4 is 11.1 Å². The number of nitrogens with zero attached hydrogens (tertiary/aromatic N) is 1. The number of fused-ring (bicyclic) bond motifs is 3. The van der Waals surface area contributed by atoms with Crippen molar-refractivity contribution in [2.75, 3.05) is 7.11 Å². The third-order valence-corrected chi connectivity index (χ3v) is 6.64. The number of nitrogens with two attached hydrogens (primary N) is 1. The van der Waals surface area contributed by atoms with Crippen LogP contribution in [-0.4, -0.2) is 25.1 Å². The lowest BCUT2D eigenvalue weighted by Crippen LogP contribution is -2.53. The molecule has 2 aliphatic carbocycles. The quantitative estimate of drug-likeness (QED) is 0.790. The van der Waals surface area contributed by atoms with Crippen molar-refractivity contribution in [1.29, 1.82) is 0 Å². The summed E-state index contributed by atoms with van der Waals surface area (Å²) in [7, 11) is 1.82. The zero-order chi connectivity index (χ0) is 16.2. The zero-order valence-electron chi connectivity index (χ0n) is 13.7. The van der Waals surface area contributed by atoms with Gasteiger partial charge < -0.3 is 10.5 Å². The van der Waals surface area contributed by atoms with E-state index in [2.05, 4.69) is 46.4 Å². The second kappa shape index (κ2) is 5.30. The van der Waals surface area contributed by atoms with Crippen LogP contribution in [0.4, 0.5) is 0 Å². The maximum atomic E-state index is 6.22. The molecule has 3 aliphatic rings. The number of benzene rings is 1. The number of methoxy groups -OCH3 is 1. The van der Waals surface area contributed by atoms with Gasteiger partial charge >= 0.3 is 0 Å². The Kier molecular flexibility index (Phi) is 3.59. The van der Waals surface area contributed by atoms with Crippen molar-refractivity contribution in [3.05, 3.63) is 33.8 Å². The summed E-state index contributed by atoms with van der Waals surface area (Å²) in [6.07, 6.45) is 5.89. The number of rotatable bonds is 1. The first-order chi connectivity index (χ1) is 11.0. The van der Waals surface area contributed by atoms with E-state index in [1.807, 2.05) is 7.11 Å². The molecule has 1 heterocycles. The maximum absolute atomic E-state index is 6.22. The number of aliphatic imine (C=N–C) groups is 1. The number of hydrogen-bond donors (Lipinski definition) is 2. The van der Waals surface area contributed by atoms with E-state index in [9.17, 15) is 0 Å². The second-order valence-electron chi connectivity index (χ2n) is 7.31. The van der Waals surface area contributed by atoms with Gasteiger partial charge in [-0.15, -0.1) is 0 Å². The first kappa shape index (κ1) is 15.6. The van der Waals surface area contributed by atoms with Gasteiger partial charge in [0.15, 0.2) is 0 Å². The van der Waals surface area contributed by atoms with Gasteiger partial charge in [-0.25, -0.2) is 4.99 Å². The van der Waals surface area contributed by atoms with E-state index < -0.39 is 0 Å². The molecular weight excluding hydrogens is 354 g/mol. The van der Waals surface area contributed by atoms with Crippen LogP contribution in [0.5, 0.6) is 0 Å². The molecular formula is C18H24BrN3O. The summed E-state index contributed by atoms with van der Waals surface area (Å²) in [5.74, 6) is 0.728. The summed E-state index contributed by atoms with van der Waals surface area (Å²) in [5, 5.41) is 3.77. The van der Waals surface area contributed by atoms with Crippen LogP contribution in [0.3, 0.4) is 0 Å². The first-order valence-electron chi connectivity index (χ1n) is 8.44. The number of ether oxygens (including phenoxy) is 1. The standard InChI is InChI=1S/C18H24BrN3O/c1-11-16(20)22-18(21-11)15-9-13(19)4-3-12(15)10-17(18)7-5-14(23-2)6-8-17/h3-4,9,11,14,21H,5-8,10H2,1-2H3,(H2,20,22)/t11-,14?,17?,18-/m0/s1. The van der Waals surface area contributed by atoms with Crippen LogP contribution in [0.1, 0.15) is 43.7 Å². The topological polar surface area (TPSA) is 59.6 Å². The SMILES string of the molecule is COC1CCC2(CC1)Cc1ccc(Br)cc1[C@]21N=C(N)[C@H](C)N1. The first-order valence-corrected chi connectivity index (χ1v) is 9.24. The molecule has 1 aromatic carbocycles. The number of nitrogens with one attached hydrogen (secondary N) is 1. The van der Waals surface area contributed by atoms with Gasteiger partial charge in [0.1, 0.15) is 11.5 Å². The van der Waals surface area contributed by atoms with Gasteiger partial charge in [0.25, 0.3) is 0 Å². The van der Waals surface area contributed by atoms with Gasteiger partial charge in [0.05, 0.1) is 12.1 Å². The maximum Gasteiger partial charge on any atom is 0.145 e. The summed E-state index contributed by atoms with van der Waals surface area (Å²) < 4.78 is 6.70. The van der Waals surface area contributed by atoms with Crippen molar-refractivity contribution >= 4 is 21.8 Å². The van der Waals surface area contributed by atoms with E-state index >= 15 is 0 Å². The van der Waals surface area contributed by atoms with Gasteiger partial charge in [-0.05, 0) is 62.3 Å². The average Bonchev–Trinajstić information content (AvgIpc) is 2.97. The van der Waals surface area contributed by atoms with Crippen LogP contribution in [0.25, 0.3) is 0 Å². The van der Waals surface area contributed by atoms with Crippen LogP contribution in [0, 0.1) is 5.41 Å². The summed E-state index contributed by atoms with van der Waals surface area (Å²) in [4.78, 5) is 5.03. The number of hydrogen-bond acceptors (Lipinski definition) is 4. The van der Waals surface area contributed by atoms with E-state index in [-0.39, 0.29) is 17.1 Å². The normalized spacial score (nSPS) is 39.0. The molecule has 0 radical (unpaired) electrons. The molecule has 0 saturated heterocycles. The van der Waals surface area contributed by atoms with Gasteiger partial charge in [0.2, 0.25) is 0 Å². The van der Waals surface area contributed by atoms with Gasteiger partial charge in [0, 0.05) is 17.0 Å². The van der Waals surface area contributed by atoms with Crippen molar-refractivity contribution in [3.63, 3.8) is 0 Å². The minimum Gasteiger partial charge on any atom is -0.386 e. The Balaban J connectivity index is 1.82. The van der Waals surface area contributed by atoms with Crippen LogP contribution in [0.2, 0.25) is 0 Å². The molecule has 5 heteroatoms. The fourth-order valence-electron chi connectivity index (χ4n) is 4.86. The fourth-order valence-corrected chi connectivity index (χ4v) is 5.22. The van der Waals surface area contributed by atoms with Crippen LogP contribution in [-0.2, 0) is 16.8 Å². The Bertz CT molecular complexity index is 666. The Morgan fingerprint density at radius 1 is 1.35 bits per heavy atom. The fraction of sp³-hybridized carbons (Fsp3) is 0.611. The second-order valence-corrected chi connectivity index (χ2v) is 8.22. The molecule has 1 saturated carbocycles. The van der Waals surface area contributed by atoms with Crippen molar-refractivity contribution in [2.45, 2.75) is 56.8 Å². The molecule has 124 valence electrons. The number of amidine groups is 1. The predicted octanol–water partition coefficient (Wildman–Crippen LogP) is 3.08. The van der Waals surface area contributed by atoms with Gasteiger partial charge in [-0.3, -0.25) is 5.32 Å². The Morgan fingerprint density at radius 3 is 2.70 bits per heavy atom. The molecule has 1 fully saturated rings. The molecule has 0 bridgehead atoms. The lowest BCUT2D eigenvalue weighted by Gasteiger charge is -2.46. The number of halogens is 1. The highest BCUT2D eigenvalue weighted by atomic mass is 79.9. The summed E-state index contributed by atoms with van der Waals surface area (Å²) >= 11 is 3.63. The smallest absolute Gasteiger partial charge is 0.145 e. The third kappa shape index (κ3) is 2.13. The van der Waals surface area contributed by atoms with Gasteiger partial charge in [-0.1, -0.05) is 22.0 Å². The predicted molar refractivity (Wildman–Crippen MR) is 95.4 cm³/mol. The highest BCUT2D eigenvalue weighted by Crippen LogP contribution is 2.60. The molecule has 4 rings (SSSR count). The minimum absolute atomic E-state index is 0.112. The Hall–Kier alpha value is -0.910. The molecule has 23 heavy (non-hydrogen) atoms. The molecule has 3 N–H and O–H groups in total. The highest BCUT2D eigenvalue weighted by molar-refractivity contribution is 9.10. The van der Waals surface area contributed by atoms with Crippen molar-refractivity contribution in [1.82, 2.24) is 5.32 Å². The van der Waals surface area contributed by atoms with Crippen molar-refractivity contribution in [3.8, 4) is 0 Å². The van der Waals surface area contributed by atoms with Gasteiger partial charge in [-0.2, -0.15) is 0 Å². The molecule has 0 aromatic heterocycles. The van der Waals surface area contributed by atoms with Crippen molar-refractivity contribution in [2.24, 2.45) is 16.1 Å². The monoisotopic (exact) mass is 377 g/mol. The summed E-state index contributed by atoms with van der Waals surface area (Å²) in [5.41, 5.74) is 8.67. The largest absolute Gasteiger partial charge is 0.386 e.